The Morgan fingerprint density at radius 1 is 1.67 bits per heavy atom. The van der Waals surface area contributed by atoms with Gasteiger partial charge in [0.05, 0.1) is 6.20 Å². The molecule has 1 heterocycles. The quantitative estimate of drug-likeness (QED) is 0.726. The van der Waals surface area contributed by atoms with Crippen LogP contribution in [-0.4, -0.2) is 15.0 Å². The molecule has 1 aliphatic rings. The molecule has 1 aromatic rings. The Morgan fingerprint density at radius 2 is 2.50 bits per heavy atom. The summed E-state index contributed by atoms with van der Waals surface area (Å²) >= 11 is 0. The molecule has 12 heavy (non-hydrogen) atoms. The van der Waals surface area contributed by atoms with Crippen molar-refractivity contribution in [3.63, 3.8) is 0 Å². The van der Waals surface area contributed by atoms with Gasteiger partial charge in [-0.2, -0.15) is 0 Å². The van der Waals surface area contributed by atoms with Gasteiger partial charge in [-0.15, -0.1) is 5.10 Å². The highest BCUT2D eigenvalue weighted by molar-refractivity contribution is 5.19. The van der Waals surface area contributed by atoms with E-state index in [9.17, 15) is 0 Å². The lowest BCUT2D eigenvalue weighted by Crippen LogP contribution is -2.01. The normalized spacial score (nSPS) is 27.4. The first kappa shape index (κ1) is 7.58. The highest BCUT2D eigenvalue weighted by Gasteiger charge is 2.35. The molecule has 2 N–H and O–H groups in total. The van der Waals surface area contributed by atoms with Crippen LogP contribution in [0.25, 0.3) is 0 Å². The summed E-state index contributed by atoms with van der Waals surface area (Å²) in [6, 6.07) is 0. The number of hydrogen-bond donors (Lipinski definition) is 1. The molecule has 0 saturated heterocycles. The molecule has 0 amide bonds. The maximum atomic E-state index is 5.45. The summed E-state index contributed by atoms with van der Waals surface area (Å²) in [6.45, 7) is 3.23. The average molecular weight is 166 g/mol. The van der Waals surface area contributed by atoms with Crippen LogP contribution in [0.2, 0.25) is 0 Å². The van der Waals surface area contributed by atoms with Crippen LogP contribution in [0.1, 0.15) is 19.8 Å². The number of nitrogens with two attached hydrogens (primary N) is 1. The van der Waals surface area contributed by atoms with Crippen LogP contribution in [-0.2, 0) is 6.54 Å². The lowest BCUT2D eigenvalue weighted by Gasteiger charge is -1.96. The van der Waals surface area contributed by atoms with E-state index < -0.39 is 0 Å². The first-order valence-corrected chi connectivity index (χ1v) is 4.45. The van der Waals surface area contributed by atoms with Gasteiger partial charge in [0.1, 0.15) is 0 Å². The molecule has 4 heteroatoms. The van der Waals surface area contributed by atoms with Gasteiger partial charge in [0.2, 0.25) is 0 Å². The summed E-state index contributed by atoms with van der Waals surface area (Å²) in [5.74, 6) is 2.25. The smallest absolute Gasteiger partial charge is 0.165 e. The van der Waals surface area contributed by atoms with Crippen molar-refractivity contribution in [3.8, 4) is 0 Å². The minimum atomic E-state index is 0.517. The summed E-state index contributed by atoms with van der Waals surface area (Å²) in [5.41, 5.74) is 5.45. The van der Waals surface area contributed by atoms with E-state index in [-0.39, 0.29) is 0 Å². The zero-order valence-corrected chi connectivity index (χ0v) is 7.27. The third-order valence-electron chi connectivity index (χ3n) is 2.57. The first-order valence-electron chi connectivity index (χ1n) is 4.45. The first-order chi connectivity index (χ1) is 5.79. The van der Waals surface area contributed by atoms with Gasteiger partial charge >= 0.3 is 0 Å². The third kappa shape index (κ3) is 1.42. The Kier molecular flexibility index (Phi) is 1.75. The summed E-state index contributed by atoms with van der Waals surface area (Å²) in [5, 5.41) is 7.65. The molecular weight excluding hydrogens is 152 g/mol. The number of aromatic nitrogens is 3. The Bertz CT molecular complexity index is 268. The number of nitrogen functional groups attached to an aromatic ring is 1. The van der Waals surface area contributed by atoms with Gasteiger partial charge in [-0.25, -0.2) is 0 Å². The Labute approximate surface area is 71.8 Å². The van der Waals surface area contributed by atoms with E-state index in [1.807, 2.05) is 4.68 Å². The van der Waals surface area contributed by atoms with Crippen molar-refractivity contribution in [2.45, 2.75) is 26.3 Å². The number of hydrogen-bond acceptors (Lipinski definition) is 3. The lowest BCUT2D eigenvalue weighted by atomic mass is 10.2. The highest BCUT2D eigenvalue weighted by atomic mass is 15.4. The fourth-order valence-corrected chi connectivity index (χ4v) is 1.68. The second-order valence-electron chi connectivity index (χ2n) is 3.53. The van der Waals surface area contributed by atoms with Crippen LogP contribution in [0, 0.1) is 11.8 Å². The van der Waals surface area contributed by atoms with Crippen molar-refractivity contribution >= 4 is 5.82 Å². The van der Waals surface area contributed by atoms with Gasteiger partial charge < -0.3 is 5.73 Å². The van der Waals surface area contributed by atoms with Crippen LogP contribution >= 0.6 is 0 Å². The standard InChI is InChI=1S/C8H14N4/c1-2-6-3-7(6)4-12-5-8(9)10-11-12/h5-7H,2-4,9H2,1H3. The molecule has 1 fully saturated rings. The fraction of sp³-hybridized carbons (Fsp3) is 0.750. The molecule has 2 unspecified atom stereocenters. The third-order valence-corrected chi connectivity index (χ3v) is 2.57. The molecule has 0 bridgehead atoms. The predicted octanol–water partition coefficient (Wildman–Crippen LogP) is 0.906. The van der Waals surface area contributed by atoms with Crippen molar-refractivity contribution in [1.82, 2.24) is 15.0 Å². The summed E-state index contributed by atoms with van der Waals surface area (Å²) in [6.07, 6.45) is 4.43. The summed E-state index contributed by atoms with van der Waals surface area (Å²) in [4.78, 5) is 0. The van der Waals surface area contributed by atoms with Gasteiger partial charge in [-0.3, -0.25) is 4.68 Å². The van der Waals surface area contributed by atoms with Gasteiger partial charge in [0, 0.05) is 6.54 Å². The van der Waals surface area contributed by atoms with Crippen molar-refractivity contribution in [2.75, 3.05) is 5.73 Å². The van der Waals surface area contributed by atoms with E-state index in [1.165, 1.54) is 12.8 Å². The zero-order chi connectivity index (χ0) is 8.55. The van der Waals surface area contributed by atoms with E-state index in [0.29, 0.717) is 5.82 Å². The van der Waals surface area contributed by atoms with Crippen LogP contribution in [0.15, 0.2) is 6.20 Å². The zero-order valence-electron chi connectivity index (χ0n) is 7.27. The molecule has 1 aliphatic carbocycles. The van der Waals surface area contributed by atoms with Gasteiger partial charge in [0.15, 0.2) is 5.82 Å². The van der Waals surface area contributed by atoms with Crippen molar-refractivity contribution in [1.29, 1.82) is 0 Å². The second kappa shape index (κ2) is 2.77. The predicted molar refractivity (Wildman–Crippen MR) is 46.3 cm³/mol. The maximum absolute atomic E-state index is 5.45. The Morgan fingerprint density at radius 3 is 3.00 bits per heavy atom. The van der Waals surface area contributed by atoms with Crippen LogP contribution in [0.5, 0.6) is 0 Å². The molecule has 66 valence electrons. The summed E-state index contributed by atoms with van der Waals surface area (Å²) in [7, 11) is 0. The largest absolute Gasteiger partial charge is 0.381 e. The molecule has 0 spiro atoms. The van der Waals surface area contributed by atoms with Crippen LogP contribution in [0.3, 0.4) is 0 Å². The second-order valence-corrected chi connectivity index (χ2v) is 3.53. The van der Waals surface area contributed by atoms with Crippen molar-refractivity contribution < 1.29 is 0 Å². The highest BCUT2D eigenvalue weighted by Crippen LogP contribution is 2.41. The summed E-state index contributed by atoms with van der Waals surface area (Å²) < 4.78 is 1.84. The average Bonchev–Trinajstić information content (AvgIpc) is 2.67. The van der Waals surface area contributed by atoms with Crippen LogP contribution < -0.4 is 5.73 Å². The molecule has 0 aromatic carbocycles. The fourth-order valence-electron chi connectivity index (χ4n) is 1.68. The lowest BCUT2D eigenvalue weighted by molar-refractivity contribution is 0.511. The minimum Gasteiger partial charge on any atom is -0.381 e. The molecule has 0 radical (unpaired) electrons. The molecule has 4 nitrogen and oxygen atoms in total. The number of rotatable bonds is 3. The van der Waals surface area contributed by atoms with Crippen molar-refractivity contribution in [2.24, 2.45) is 11.8 Å². The van der Waals surface area contributed by atoms with Gasteiger partial charge in [0.25, 0.3) is 0 Å². The van der Waals surface area contributed by atoms with E-state index in [2.05, 4.69) is 17.2 Å². The SMILES string of the molecule is CCC1CC1Cn1cc(N)nn1. The molecule has 2 atom stereocenters. The molecule has 1 saturated carbocycles. The van der Waals surface area contributed by atoms with Crippen molar-refractivity contribution in [3.05, 3.63) is 6.20 Å². The maximum Gasteiger partial charge on any atom is 0.165 e. The van der Waals surface area contributed by atoms with Gasteiger partial charge in [-0.1, -0.05) is 18.6 Å². The minimum absolute atomic E-state index is 0.517. The molecule has 1 aromatic heterocycles. The molecule has 2 rings (SSSR count). The Hall–Kier alpha value is -1.06. The molecular formula is C8H14N4. The van der Waals surface area contributed by atoms with E-state index in [0.717, 1.165) is 18.4 Å². The van der Waals surface area contributed by atoms with E-state index >= 15 is 0 Å². The topological polar surface area (TPSA) is 56.7 Å². The molecule has 0 aliphatic heterocycles. The Balaban J connectivity index is 1.89. The van der Waals surface area contributed by atoms with Gasteiger partial charge in [-0.05, 0) is 18.3 Å². The van der Waals surface area contributed by atoms with E-state index in [4.69, 9.17) is 5.73 Å². The van der Waals surface area contributed by atoms with Crippen LogP contribution in [0.4, 0.5) is 5.82 Å². The van der Waals surface area contributed by atoms with E-state index in [1.54, 1.807) is 6.20 Å². The number of nitrogens with zero attached hydrogens (tertiary/aromatic N) is 3. The monoisotopic (exact) mass is 166 g/mol. The number of anilines is 1.